The lowest BCUT2D eigenvalue weighted by Crippen LogP contribution is -2.56. The van der Waals surface area contributed by atoms with E-state index in [1.807, 2.05) is 13.8 Å². The van der Waals surface area contributed by atoms with Crippen LogP contribution in [0.5, 0.6) is 0 Å². The second-order valence-corrected chi connectivity index (χ2v) is 10.7. The summed E-state index contributed by atoms with van der Waals surface area (Å²) in [5, 5.41) is 0. The molecule has 0 saturated heterocycles. The standard InChI is InChI=1S/C25H42O4/c1-6-25-14-11-20-19(23(27)28-5)8-7-13-24(20,4)21(25)10-9-18(16-25)12-15-29-22(26)17(2)3/h17-21H,6-16H2,1-5H3/t18-,19-,20?,21?,24+,25+/m1/s1. The zero-order valence-electron chi connectivity index (χ0n) is 19.3. The van der Waals surface area contributed by atoms with E-state index in [0.717, 1.165) is 25.7 Å². The van der Waals surface area contributed by atoms with Gasteiger partial charge in [-0.15, -0.1) is 0 Å². The molecule has 4 heteroatoms. The van der Waals surface area contributed by atoms with Crippen LogP contribution in [0.3, 0.4) is 0 Å². The number of fused-ring (bicyclic) bond motifs is 3. The van der Waals surface area contributed by atoms with Crippen LogP contribution in [-0.4, -0.2) is 25.7 Å². The summed E-state index contributed by atoms with van der Waals surface area (Å²) in [5.74, 6) is 1.85. The highest BCUT2D eigenvalue weighted by atomic mass is 16.5. The van der Waals surface area contributed by atoms with Crippen LogP contribution in [0.2, 0.25) is 0 Å². The first-order valence-corrected chi connectivity index (χ1v) is 12.0. The SMILES string of the molecule is CC[C@@]12CCC3[C@H](C(=O)OC)CCC[C@]3(C)C1CC[C@H](CCOC(=O)C(C)C)C2. The Labute approximate surface area is 177 Å². The van der Waals surface area contributed by atoms with Crippen LogP contribution in [0.4, 0.5) is 0 Å². The van der Waals surface area contributed by atoms with Gasteiger partial charge in [0.2, 0.25) is 0 Å². The molecule has 3 rings (SSSR count). The molecule has 3 saturated carbocycles. The average Bonchev–Trinajstić information content (AvgIpc) is 2.71. The molecule has 0 aromatic heterocycles. The first-order chi connectivity index (χ1) is 13.8. The van der Waals surface area contributed by atoms with Gasteiger partial charge in [-0.1, -0.05) is 40.5 Å². The molecule has 3 fully saturated rings. The van der Waals surface area contributed by atoms with Crippen molar-refractivity contribution in [2.24, 2.45) is 40.4 Å². The minimum absolute atomic E-state index is 0.0191. The highest BCUT2D eigenvalue weighted by molar-refractivity contribution is 5.73. The Morgan fingerprint density at radius 3 is 2.52 bits per heavy atom. The van der Waals surface area contributed by atoms with E-state index >= 15 is 0 Å². The maximum atomic E-state index is 12.5. The zero-order valence-corrected chi connectivity index (χ0v) is 19.3. The Morgan fingerprint density at radius 1 is 1.10 bits per heavy atom. The third-order valence-electron chi connectivity index (χ3n) is 9.06. The van der Waals surface area contributed by atoms with Crippen LogP contribution in [0, 0.1) is 40.4 Å². The summed E-state index contributed by atoms with van der Waals surface area (Å²) >= 11 is 0. The molecule has 0 aliphatic heterocycles. The quantitative estimate of drug-likeness (QED) is 0.525. The summed E-state index contributed by atoms with van der Waals surface area (Å²) in [6, 6.07) is 0. The van der Waals surface area contributed by atoms with Crippen molar-refractivity contribution in [3.63, 3.8) is 0 Å². The summed E-state index contributed by atoms with van der Waals surface area (Å²) in [5.41, 5.74) is 0.661. The second-order valence-electron chi connectivity index (χ2n) is 10.7. The van der Waals surface area contributed by atoms with Crippen LogP contribution in [0.1, 0.15) is 91.9 Å². The summed E-state index contributed by atoms with van der Waals surface area (Å²) in [6.45, 7) is 9.22. The maximum Gasteiger partial charge on any atom is 0.308 e. The number of methoxy groups -OCH3 is 1. The van der Waals surface area contributed by atoms with Gasteiger partial charge in [-0.2, -0.15) is 0 Å². The van der Waals surface area contributed by atoms with Crippen molar-refractivity contribution >= 4 is 11.9 Å². The molecule has 0 aromatic carbocycles. The summed E-state index contributed by atoms with van der Waals surface area (Å²) < 4.78 is 10.7. The van der Waals surface area contributed by atoms with E-state index < -0.39 is 0 Å². The van der Waals surface area contributed by atoms with Crippen molar-refractivity contribution in [3.8, 4) is 0 Å². The molecular weight excluding hydrogens is 364 g/mol. The van der Waals surface area contributed by atoms with E-state index in [2.05, 4.69) is 13.8 Å². The van der Waals surface area contributed by atoms with E-state index in [1.54, 1.807) is 7.11 Å². The monoisotopic (exact) mass is 406 g/mol. The molecule has 0 aromatic rings. The Balaban J connectivity index is 1.70. The Morgan fingerprint density at radius 2 is 1.86 bits per heavy atom. The molecule has 0 radical (unpaired) electrons. The van der Waals surface area contributed by atoms with Crippen molar-refractivity contribution in [3.05, 3.63) is 0 Å². The molecule has 2 unspecified atom stereocenters. The van der Waals surface area contributed by atoms with Crippen LogP contribution in [0.25, 0.3) is 0 Å². The molecule has 166 valence electrons. The summed E-state index contributed by atoms with van der Waals surface area (Å²) in [7, 11) is 1.55. The molecule has 0 heterocycles. The van der Waals surface area contributed by atoms with Gasteiger partial charge in [-0.3, -0.25) is 9.59 Å². The predicted molar refractivity (Wildman–Crippen MR) is 114 cm³/mol. The molecule has 4 nitrogen and oxygen atoms in total. The first kappa shape index (κ1) is 22.6. The van der Waals surface area contributed by atoms with Crippen molar-refractivity contribution in [2.75, 3.05) is 13.7 Å². The molecule has 29 heavy (non-hydrogen) atoms. The number of carbonyl (C=O) groups excluding carboxylic acids is 2. The van der Waals surface area contributed by atoms with Crippen molar-refractivity contribution in [1.82, 2.24) is 0 Å². The van der Waals surface area contributed by atoms with Gasteiger partial charge < -0.3 is 9.47 Å². The third kappa shape index (κ3) is 4.23. The lowest BCUT2D eigenvalue weighted by molar-refractivity contribution is -0.170. The zero-order chi connectivity index (χ0) is 21.2. The number of esters is 2. The van der Waals surface area contributed by atoms with Crippen molar-refractivity contribution < 1.29 is 19.1 Å². The fraction of sp³-hybridized carbons (Fsp3) is 0.920. The minimum Gasteiger partial charge on any atom is -0.469 e. The van der Waals surface area contributed by atoms with Crippen molar-refractivity contribution in [2.45, 2.75) is 91.9 Å². The number of carbonyl (C=O) groups is 2. The van der Waals surface area contributed by atoms with Crippen LogP contribution >= 0.6 is 0 Å². The van der Waals surface area contributed by atoms with Crippen molar-refractivity contribution in [1.29, 1.82) is 0 Å². The van der Waals surface area contributed by atoms with E-state index in [0.29, 0.717) is 29.8 Å². The Bertz CT molecular complexity index is 600. The molecule has 3 aliphatic rings. The molecule has 3 aliphatic carbocycles. The summed E-state index contributed by atoms with van der Waals surface area (Å²) in [6.07, 6.45) is 11.8. The molecule has 0 N–H and O–H groups in total. The predicted octanol–water partition coefficient (Wildman–Crippen LogP) is 5.78. The first-order valence-electron chi connectivity index (χ1n) is 12.0. The van der Waals surface area contributed by atoms with Gasteiger partial charge in [0, 0.05) is 0 Å². The lowest BCUT2D eigenvalue weighted by atomic mass is 9.41. The smallest absolute Gasteiger partial charge is 0.308 e. The van der Waals surface area contributed by atoms with E-state index in [4.69, 9.17) is 9.47 Å². The van der Waals surface area contributed by atoms with Gasteiger partial charge >= 0.3 is 11.9 Å². The number of hydrogen-bond donors (Lipinski definition) is 0. The third-order valence-corrected chi connectivity index (χ3v) is 9.06. The number of rotatable bonds is 6. The van der Waals surface area contributed by atoms with E-state index in [1.165, 1.54) is 38.5 Å². The molecule has 0 bridgehead atoms. The van der Waals surface area contributed by atoms with Crippen LogP contribution in [0.15, 0.2) is 0 Å². The average molecular weight is 407 g/mol. The van der Waals surface area contributed by atoms with E-state index in [-0.39, 0.29) is 29.2 Å². The Kier molecular flexibility index (Phi) is 7.00. The highest BCUT2D eigenvalue weighted by Crippen LogP contribution is 2.66. The van der Waals surface area contributed by atoms with E-state index in [9.17, 15) is 9.59 Å². The van der Waals surface area contributed by atoms with Gasteiger partial charge in [0.1, 0.15) is 0 Å². The topological polar surface area (TPSA) is 52.6 Å². The van der Waals surface area contributed by atoms with Gasteiger partial charge in [-0.25, -0.2) is 0 Å². The van der Waals surface area contributed by atoms with Crippen LogP contribution < -0.4 is 0 Å². The maximum absolute atomic E-state index is 12.5. The van der Waals surface area contributed by atoms with Crippen LogP contribution in [-0.2, 0) is 19.1 Å². The van der Waals surface area contributed by atoms with Gasteiger partial charge in [0.25, 0.3) is 0 Å². The molecule has 6 atom stereocenters. The number of hydrogen-bond acceptors (Lipinski definition) is 4. The Hall–Kier alpha value is -1.06. The van der Waals surface area contributed by atoms with Gasteiger partial charge in [0.15, 0.2) is 0 Å². The minimum atomic E-state index is -0.0760. The number of ether oxygens (including phenoxy) is 2. The highest BCUT2D eigenvalue weighted by Gasteiger charge is 2.59. The lowest BCUT2D eigenvalue weighted by Gasteiger charge is -2.63. The molecular formula is C25H42O4. The molecule has 0 spiro atoms. The van der Waals surface area contributed by atoms with Gasteiger partial charge in [-0.05, 0) is 80.0 Å². The largest absolute Gasteiger partial charge is 0.469 e. The normalized spacial score (nSPS) is 39.4. The van der Waals surface area contributed by atoms with Gasteiger partial charge in [0.05, 0.1) is 25.6 Å². The fourth-order valence-corrected chi connectivity index (χ4v) is 7.53. The molecule has 0 amide bonds. The second kappa shape index (κ2) is 8.98. The summed E-state index contributed by atoms with van der Waals surface area (Å²) in [4.78, 5) is 24.3. The fourth-order valence-electron chi connectivity index (χ4n) is 7.53.